The highest BCUT2D eigenvalue weighted by Gasteiger charge is 2.39. The molecule has 0 saturated carbocycles. The van der Waals surface area contributed by atoms with Crippen LogP contribution < -0.4 is 15.8 Å². The standard InChI is InChI=1S/C41H49Cl2F3N6O4/c1-28(2)27-55-39(54)51-17-14-40(47,15-18-51)38(53)48-16-4-5-30-25-52(31-9-11-32(12-10-31)56-41(44,45)46)37-23-29(8-13-33(30)37)24-49-19-21-50(22-20-49)26-34-35(42)6-3-7-36(34)43/h3,6-13,23,25,28H,4-5,14-22,24,26-27,47H2,1-2H3,(H,48,53). The maximum absolute atomic E-state index is 13.2. The smallest absolute Gasteiger partial charge is 0.449 e. The number of fused-ring (bicyclic) bond motifs is 1. The van der Waals surface area contributed by atoms with Crippen LogP contribution in [0.3, 0.4) is 0 Å². The van der Waals surface area contributed by atoms with E-state index in [9.17, 15) is 22.8 Å². The number of nitrogens with two attached hydrogens (primary N) is 1. The number of nitrogens with zero attached hydrogens (tertiary/aromatic N) is 4. The number of piperazine rings is 1. The van der Waals surface area contributed by atoms with Crippen LogP contribution in [0.4, 0.5) is 18.0 Å². The Labute approximate surface area is 335 Å². The number of ether oxygens (including phenoxy) is 2. The van der Waals surface area contributed by atoms with E-state index in [-0.39, 0.29) is 23.7 Å². The summed E-state index contributed by atoms with van der Waals surface area (Å²) in [4.78, 5) is 31.9. The Morgan fingerprint density at radius 2 is 1.55 bits per heavy atom. The van der Waals surface area contributed by atoms with E-state index < -0.39 is 11.9 Å². The predicted octanol–water partition coefficient (Wildman–Crippen LogP) is 7.79. The third-order valence-electron chi connectivity index (χ3n) is 10.4. The van der Waals surface area contributed by atoms with Crippen molar-refractivity contribution >= 4 is 46.1 Å². The second kappa shape index (κ2) is 18.1. The van der Waals surface area contributed by atoms with E-state index in [2.05, 4.69) is 38.1 Å². The first-order valence-electron chi connectivity index (χ1n) is 19.0. The van der Waals surface area contributed by atoms with Crippen molar-refractivity contribution in [2.75, 3.05) is 52.4 Å². The molecule has 2 aliphatic rings. The first-order valence-corrected chi connectivity index (χ1v) is 19.8. The van der Waals surface area contributed by atoms with Gasteiger partial charge in [0, 0.05) is 91.8 Å². The minimum Gasteiger partial charge on any atom is -0.449 e. The maximum Gasteiger partial charge on any atom is 0.573 e. The van der Waals surface area contributed by atoms with Crippen molar-refractivity contribution < 1.29 is 32.2 Å². The Morgan fingerprint density at radius 3 is 2.18 bits per heavy atom. The molecule has 3 aromatic carbocycles. The Balaban J connectivity index is 1.10. The fourth-order valence-corrected chi connectivity index (χ4v) is 7.75. The van der Waals surface area contributed by atoms with Crippen LogP contribution in [-0.2, 0) is 29.0 Å². The van der Waals surface area contributed by atoms with Crippen molar-refractivity contribution in [3.8, 4) is 11.4 Å². The van der Waals surface area contributed by atoms with Crippen molar-refractivity contribution in [1.29, 1.82) is 0 Å². The Hall–Kier alpha value is -4.01. The lowest BCUT2D eigenvalue weighted by Gasteiger charge is -2.37. The average molecular weight is 818 g/mol. The molecule has 2 fully saturated rings. The summed E-state index contributed by atoms with van der Waals surface area (Å²) in [5.41, 5.74) is 10.2. The van der Waals surface area contributed by atoms with Crippen LogP contribution in [0, 0.1) is 5.92 Å². The lowest BCUT2D eigenvalue weighted by Crippen LogP contribution is -2.60. The zero-order valence-electron chi connectivity index (χ0n) is 31.7. The second-order valence-electron chi connectivity index (χ2n) is 15.1. The number of hydrogen-bond donors (Lipinski definition) is 2. The van der Waals surface area contributed by atoms with E-state index in [4.69, 9.17) is 33.7 Å². The molecule has 2 saturated heterocycles. The van der Waals surface area contributed by atoms with E-state index in [1.54, 1.807) is 17.0 Å². The van der Waals surface area contributed by atoms with Crippen LogP contribution in [0.2, 0.25) is 10.0 Å². The van der Waals surface area contributed by atoms with Crippen LogP contribution >= 0.6 is 23.2 Å². The molecule has 2 amide bonds. The number of nitrogens with one attached hydrogen (secondary N) is 1. The largest absolute Gasteiger partial charge is 0.573 e. The van der Waals surface area contributed by atoms with Gasteiger partial charge in [0.1, 0.15) is 5.75 Å². The van der Waals surface area contributed by atoms with Crippen LogP contribution in [0.5, 0.6) is 5.75 Å². The summed E-state index contributed by atoms with van der Waals surface area (Å²) >= 11 is 12.8. The number of hydrogen-bond acceptors (Lipinski definition) is 7. The van der Waals surface area contributed by atoms with Crippen LogP contribution in [0.1, 0.15) is 49.8 Å². The van der Waals surface area contributed by atoms with Gasteiger partial charge in [-0.2, -0.15) is 0 Å². The van der Waals surface area contributed by atoms with Gasteiger partial charge >= 0.3 is 12.5 Å². The number of aryl methyl sites for hydroxylation is 1. The fraction of sp³-hybridized carbons (Fsp3) is 0.463. The number of rotatable bonds is 13. The summed E-state index contributed by atoms with van der Waals surface area (Å²) in [6, 6.07) is 17.8. The monoisotopic (exact) mass is 816 g/mol. The number of carbonyl (C=O) groups is 2. The van der Waals surface area contributed by atoms with Crippen molar-refractivity contribution in [2.45, 2.75) is 64.5 Å². The summed E-state index contributed by atoms with van der Waals surface area (Å²) in [7, 11) is 0. The molecule has 6 rings (SSSR count). The zero-order chi connectivity index (χ0) is 40.0. The van der Waals surface area contributed by atoms with Gasteiger partial charge in [-0.05, 0) is 85.2 Å². The van der Waals surface area contributed by atoms with E-state index in [0.717, 1.165) is 60.3 Å². The zero-order valence-corrected chi connectivity index (χ0v) is 33.2. The highest BCUT2D eigenvalue weighted by molar-refractivity contribution is 6.36. The van der Waals surface area contributed by atoms with Gasteiger partial charge < -0.3 is 30.0 Å². The highest BCUT2D eigenvalue weighted by atomic mass is 35.5. The molecular weight excluding hydrogens is 768 g/mol. The molecule has 302 valence electrons. The molecular formula is C41H49Cl2F3N6O4. The third-order valence-corrected chi connectivity index (χ3v) is 11.1. The van der Waals surface area contributed by atoms with Gasteiger partial charge in [0.2, 0.25) is 5.91 Å². The summed E-state index contributed by atoms with van der Waals surface area (Å²) in [6.07, 6.45) is -1.20. The molecule has 2 aliphatic heterocycles. The number of piperidine rings is 1. The maximum atomic E-state index is 13.2. The van der Waals surface area contributed by atoms with Crippen molar-refractivity contribution in [1.82, 2.24) is 24.6 Å². The fourth-order valence-electron chi connectivity index (χ4n) is 7.23. The molecule has 0 aliphatic carbocycles. The number of amides is 2. The molecule has 3 N–H and O–H groups in total. The van der Waals surface area contributed by atoms with Gasteiger partial charge in [0.25, 0.3) is 0 Å². The molecule has 4 aromatic rings. The van der Waals surface area contributed by atoms with Crippen molar-refractivity contribution in [2.24, 2.45) is 11.7 Å². The normalized spacial score (nSPS) is 16.7. The lowest BCUT2D eigenvalue weighted by atomic mass is 9.87. The van der Waals surface area contributed by atoms with Gasteiger partial charge in [-0.15, -0.1) is 13.2 Å². The molecule has 0 bridgehead atoms. The van der Waals surface area contributed by atoms with Gasteiger partial charge in [-0.25, -0.2) is 4.79 Å². The number of carbonyl (C=O) groups excluding carboxylic acids is 2. The van der Waals surface area contributed by atoms with Crippen LogP contribution in [0.25, 0.3) is 16.6 Å². The SMILES string of the molecule is CC(C)COC(=O)N1CCC(N)(C(=O)NCCCc2cn(-c3ccc(OC(F)(F)F)cc3)c3cc(CN4CCN(Cc5c(Cl)cccc5Cl)CC4)ccc23)CC1. The summed E-state index contributed by atoms with van der Waals surface area (Å²) in [6.45, 7) is 10.3. The summed E-state index contributed by atoms with van der Waals surface area (Å²) < 4.78 is 50.1. The molecule has 1 aromatic heterocycles. The molecule has 0 atom stereocenters. The average Bonchev–Trinajstić information content (AvgIpc) is 3.52. The Morgan fingerprint density at radius 1 is 0.911 bits per heavy atom. The Kier molecular flexibility index (Phi) is 13.4. The summed E-state index contributed by atoms with van der Waals surface area (Å²) in [5, 5.41) is 5.36. The van der Waals surface area contributed by atoms with E-state index in [1.807, 2.05) is 42.8 Å². The lowest BCUT2D eigenvalue weighted by molar-refractivity contribution is -0.274. The second-order valence-corrected chi connectivity index (χ2v) is 16.0. The van der Waals surface area contributed by atoms with E-state index >= 15 is 0 Å². The van der Waals surface area contributed by atoms with Gasteiger partial charge in [-0.1, -0.05) is 55.2 Å². The van der Waals surface area contributed by atoms with E-state index in [1.165, 1.54) is 12.1 Å². The molecule has 56 heavy (non-hydrogen) atoms. The molecule has 10 nitrogen and oxygen atoms in total. The van der Waals surface area contributed by atoms with Crippen molar-refractivity contribution in [3.05, 3.63) is 93.6 Å². The Bertz CT molecular complexity index is 1950. The third kappa shape index (κ3) is 10.7. The molecule has 0 radical (unpaired) electrons. The van der Waals surface area contributed by atoms with Gasteiger partial charge in [0.05, 0.1) is 17.7 Å². The van der Waals surface area contributed by atoms with Gasteiger partial charge in [-0.3, -0.25) is 14.6 Å². The topological polar surface area (TPSA) is 105 Å². The minimum absolute atomic E-state index is 0.232. The number of benzene rings is 3. The first kappa shape index (κ1) is 41.6. The predicted molar refractivity (Wildman–Crippen MR) is 212 cm³/mol. The molecule has 15 heteroatoms. The number of aromatic nitrogens is 1. The van der Waals surface area contributed by atoms with Gasteiger partial charge in [0.15, 0.2) is 0 Å². The molecule has 0 spiro atoms. The quantitative estimate of drug-likeness (QED) is 0.133. The minimum atomic E-state index is -4.78. The number of alkyl halides is 3. The molecule has 0 unspecified atom stereocenters. The highest BCUT2D eigenvalue weighted by Crippen LogP contribution is 2.31. The van der Waals surface area contributed by atoms with E-state index in [0.29, 0.717) is 74.2 Å². The van der Waals surface area contributed by atoms with Crippen LogP contribution in [-0.4, -0.2) is 95.6 Å². The van der Waals surface area contributed by atoms with Crippen molar-refractivity contribution in [3.63, 3.8) is 0 Å². The number of likely N-dealkylation sites (tertiary alicyclic amines) is 1. The molecule has 3 heterocycles. The van der Waals surface area contributed by atoms with Crippen LogP contribution in [0.15, 0.2) is 66.9 Å². The number of halogens is 5. The first-order chi connectivity index (χ1) is 26.7. The summed E-state index contributed by atoms with van der Waals surface area (Å²) in [5.74, 6) is -0.301.